The van der Waals surface area contributed by atoms with Crippen molar-refractivity contribution in [2.24, 2.45) is 0 Å². The number of para-hydroxylation sites is 1. The number of amides is 2. The minimum atomic E-state index is -4.60. The molecule has 1 aromatic carbocycles. The first-order chi connectivity index (χ1) is 11.2. The Balaban J connectivity index is 3.13. The highest BCUT2D eigenvalue weighted by Gasteiger charge is 2.36. The molecule has 0 fully saturated rings. The second-order valence-electron chi connectivity index (χ2n) is 5.50. The highest BCUT2D eigenvalue weighted by Crippen LogP contribution is 2.36. The minimum Gasteiger partial charge on any atom is -0.341 e. The Hall–Kier alpha value is -2.05. The lowest BCUT2D eigenvalue weighted by atomic mass is 10.1. The van der Waals surface area contributed by atoms with Crippen LogP contribution >= 0.6 is 0 Å². The van der Waals surface area contributed by atoms with Gasteiger partial charge in [0.2, 0.25) is 11.8 Å². The molecule has 0 bridgehead atoms. The van der Waals surface area contributed by atoms with Crippen LogP contribution in [0.5, 0.6) is 0 Å². The number of hydrogen-bond donors (Lipinski definition) is 0. The van der Waals surface area contributed by atoms with Crippen LogP contribution < -0.4 is 4.90 Å². The third-order valence-electron chi connectivity index (χ3n) is 3.51. The number of carbonyl (C=O) groups is 2. The third-order valence-corrected chi connectivity index (χ3v) is 3.51. The van der Waals surface area contributed by atoms with Crippen LogP contribution in [0.4, 0.5) is 18.9 Å². The molecule has 0 N–H and O–H groups in total. The SMILES string of the molecule is CCCN(CCC)C(=O)CN(C(C)=O)c1ccccc1C(F)(F)F. The summed E-state index contributed by atoms with van der Waals surface area (Å²) in [6.45, 7) is 5.61. The quantitative estimate of drug-likeness (QED) is 0.757. The molecule has 0 atom stereocenters. The molecule has 0 spiro atoms. The Morgan fingerprint density at radius 3 is 2.04 bits per heavy atom. The lowest BCUT2D eigenvalue weighted by Crippen LogP contribution is -2.43. The Labute approximate surface area is 140 Å². The largest absolute Gasteiger partial charge is 0.418 e. The van der Waals surface area contributed by atoms with Gasteiger partial charge in [0.1, 0.15) is 6.54 Å². The maximum absolute atomic E-state index is 13.2. The van der Waals surface area contributed by atoms with E-state index in [4.69, 9.17) is 0 Å². The molecular formula is C17H23F3N2O2. The molecule has 0 aliphatic rings. The zero-order valence-corrected chi connectivity index (χ0v) is 14.2. The van der Waals surface area contributed by atoms with Gasteiger partial charge in [0.05, 0.1) is 11.3 Å². The topological polar surface area (TPSA) is 40.6 Å². The third kappa shape index (κ3) is 5.25. The molecule has 1 aromatic rings. The molecular weight excluding hydrogens is 321 g/mol. The van der Waals surface area contributed by atoms with Crippen LogP contribution in [0.3, 0.4) is 0 Å². The maximum atomic E-state index is 13.2. The van der Waals surface area contributed by atoms with Crippen molar-refractivity contribution in [1.82, 2.24) is 4.90 Å². The second-order valence-corrected chi connectivity index (χ2v) is 5.50. The summed E-state index contributed by atoms with van der Waals surface area (Å²) >= 11 is 0. The fourth-order valence-electron chi connectivity index (χ4n) is 2.45. The van der Waals surface area contributed by atoms with Gasteiger partial charge < -0.3 is 9.80 Å². The van der Waals surface area contributed by atoms with Crippen LogP contribution in [-0.2, 0) is 15.8 Å². The molecule has 0 aliphatic carbocycles. The first kappa shape index (κ1) is 20.0. The number of hydrogen-bond acceptors (Lipinski definition) is 2. The van der Waals surface area contributed by atoms with Gasteiger partial charge in [-0.25, -0.2) is 0 Å². The highest BCUT2D eigenvalue weighted by atomic mass is 19.4. The molecule has 7 heteroatoms. The molecule has 0 saturated heterocycles. The monoisotopic (exact) mass is 344 g/mol. The number of rotatable bonds is 7. The van der Waals surface area contributed by atoms with E-state index in [2.05, 4.69) is 0 Å². The van der Waals surface area contributed by atoms with Crippen molar-refractivity contribution >= 4 is 17.5 Å². The standard InChI is InChI=1S/C17H23F3N2O2/c1-4-10-21(11-5-2)16(24)12-22(13(3)23)15-9-7-6-8-14(15)17(18,19)20/h6-9H,4-5,10-12H2,1-3H3. The molecule has 0 radical (unpaired) electrons. The van der Waals surface area contributed by atoms with Crippen molar-refractivity contribution in [2.75, 3.05) is 24.5 Å². The van der Waals surface area contributed by atoms with Crippen molar-refractivity contribution in [3.8, 4) is 0 Å². The van der Waals surface area contributed by atoms with Crippen molar-refractivity contribution in [3.63, 3.8) is 0 Å². The Morgan fingerprint density at radius 2 is 1.58 bits per heavy atom. The minimum absolute atomic E-state index is 0.293. The number of alkyl halides is 3. The molecule has 0 heterocycles. The van der Waals surface area contributed by atoms with Gasteiger partial charge in [-0.1, -0.05) is 26.0 Å². The Kier molecular flexibility index (Phi) is 7.25. The van der Waals surface area contributed by atoms with Gasteiger partial charge in [-0.15, -0.1) is 0 Å². The first-order valence-electron chi connectivity index (χ1n) is 7.94. The molecule has 0 saturated carbocycles. The summed E-state index contributed by atoms with van der Waals surface area (Å²) in [7, 11) is 0. The lowest BCUT2D eigenvalue weighted by Gasteiger charge is -2.28. The summed E-state index contributed by atoms with van der Waals surface area (Å²) in [6, 6.07) is 4.79. The normalized spacial score (nSPS) is 11.2. The van der Waals surface area contributed by atoms with Crippen LogP contribution in [0, 0.1) is 0 Å². The highest BCUT2D eigenvalue weighted by molar-refractivity contribution is 5.98. The average Bonchev–Trinajstić information content (AvgIpc) is 2.51. The number of halogens is 3. The van der Waals surface area contributed by atoms with E-state index in [1.54, 1.807) is 4.90 Å². The summed E-state index contributed by atoms with van der Waals surface area (Å²) in [5.41, 5.74) is -1.22. The van der Waals surface area contributed by atoms with Crippen LogP contribution in [0.25, 0.3) is 0 Å². The molecule has 0 aromatic heterocycles. The fourth-order valence-corrected chi connectivity index (χ4v) is 2.45. The van der Waals surface area contributed by atoms with E-state index in [9.17, 15) is 22.8 Å². The van der Waals surface area contributed by atoms with E-state index in [0.29, 0.717) is 13.1 Å². The van der Waals surface area contributed by atoms with Crippen molar-refractivity contribution in [1.29, 1.82) is 0 Å². The molecule has 134 valence electrons. The van der Waals surface area contributed by atoms with Gasteiger partial charge in [0.15, 0.2) is 0 Å². The predicted molar refractivity (Wildman–Crippen MR) is 86.6 cm³/mol. The van der Waals surface area contributed by atoms with E-state index >= 15 is 0 Å². The van der Waals surface area contributed by atoms with Gasteiger partial charge in [-0.05, 0) is 25.0 Å². The zero-order valence-electron chi connectivity index (χ0n) is 14.2. The summed E-state index contributed by atoms with van der Waals surface area (Å²) < 4.78 is 39.5. The van der Waals surface area contributed by atoms with Crippen molar-refractivity contribution in [2.45, 2.75) is 39.8 Å². The smallest absolute Gasteiger partial charge is 0.341 e. The second kappa shape index (κ2) is 8.70. The number of nitrogens with zero attached hydrogens (tertiary/aromatic N) is 2. The number of benzene rings is 1. The van der Waals surface area contributed by atoms with E-state index in [-0.39, 0.29) is 11.6 Å². The van der Waals surface area contributed by atoms with Crippen LogP contribution in [-0.4, -0.2) is 36.3 Å². The molecule has 0 unspecified atom stereocenters. The Morgan fingerprint density at radius 1 is 1.04 bits per heavy atom. The van der Waals surface area contributed by atoms with Gasteiger partial charge in [0, 0.05) is 20.0 Å². The molecule has 24 heavy (non-hydrogen) atoms. The molecule has 1 rings (SSSR count). The first-order valence-corrected chi connectivity index (χ1v) is 7.94. The molecule has 2 amide bonds. The summed E-state index contributed by atoms with van der Waals surface area (Å²) in [5.74, 6) is -0.959. The van der Waals surface area contributed by atoms with Gasteiger partial charge >= 0.3 is 6.18 Å². The van der Waals surface area contributed by atoms with Crippen LogP contribution in [0.15, 0.2) is 24.3 Å². The lowest BCUT2D eigenvalue weighted by molar-refractivity contribution is -0.137. The summed E-state index contributed by atoms with van der Waals surface area (Å²) in [6.07, 6.45) is -3.12. The van der Waals surface area contributed by atoms with Crippen LogP contribution in [0.1, 0.15) is 39.2 Å². The number of anilines is 1. The molecule has 0 aliphatic heterocycles. The van der Waals surface area contributed by atoms with Crippen LogP contribution in [0.2, 0.25) is 0 Å². The van der Waals surface area contributed by atoms with E-state index in [1.165, 1.54) is 18.2 Å². The van der Waals surface area contributed by atoms with E-state index in [0.717, 1.165) is 30.7 Å². The van der Waals surface area contributed by atoms with Gasteiger partial charge in [0.25, 0.3) is 0 Å². The van der Waals surface area contributed by atoms with Gasteiger partial charge in [-0.3, -0.25) is 9.59 Å². The zero-order chi connectivity index (χ0) is 18.3. The van der Waals surface area contributed by atoms with Crippen molar-refractivity contribution < 1.29 is 22.8 Å². The summed E-state index contributed by atoms with van der Waals surface area (Å²) in [4.78, 5) is 26.8. The van der Waals surface area contributed by atoms with E-state index < -0.39 is 24.2 Å². The Bertz CT molecular complexity index is 567. The van der Waals surface area contributed by atoms with E-state index in [1.807, 2.05) is 13.8 Å². The predicted octanol–water partition coefficient (Wildman–Crippen LogP) is 3.71. The maximum Gasteiger partial charge on any atom is 0.418 e. The average molecular weight is 344 g/mol. The fraction of sp³-hybridized carbons (Fsp3) is 0.529. The summed E-state index contributed by atoms with van der Waals surface area (Å²) in [5, 5.41) is 0. The molecule has 4 nitrogen and oxygen atoms in total. The van der Waals surface area contributed by atoms with Gasteiger partial charge in [-0.2, -0.15) is 13.2 Å². The van der Waals surface area contributed by atoms with Crippen molar-refractivity contribution in [3.05, 3.63) is 29.8 Å². The number of carbonyl (C=O) groups excluding carboxylic acids is 2.